The number of aliphatic hydroxyl groups excluding tert-OH is 1. The molecule has 1 aliphatic rings. The first kappa shape index (κ1) is 13.8. The van der Waals surface area contributed by atoms with E-state index in [4.69, 9.17) is 9.84 Å². The molecule has 0 spiro atoms. The van der Waals surface area contributed by atoms with Crippen LogP contribution >= 0.6 is 0 Å². The molecule has 1 aliphatic carbocycles. The van der Waals surface area contributed by atoms with E-state index in [2.05, 4.69) is 10.6 Å². The zero-order valence-electron chi connectivity index (χ0n) is 11.1. The highest BCUT2D eigenvalue weighted by Crippen LogP contribution is 2.44. The molecule has 0 bridgehead atoms. The minimum Gasteiger partial charge on any atom is -0.497 e. The highest BCUT2D eigenvalue weighted by molar-refractivity contribution is 5.92. The molecule has 1 fully saturated rings. The van der Waals surface area contributed by atoms with E-state index in [1.807, 2.05) is 18.2 Å². The molecule has 5 nitrogen and oxygen atoms in total. The van der Waals surface area contributed by atoms with Gasteiger partial charge in [-0.1, -0.05) is 6.07 Å². The van der Waals surface area contributed by atoms with Gasteiger partial charge >= 0.3 is 0 Å². The third-order valence-corrected chi connectivity index (χ3v) is 3.43. The Labute approximate surface area is 113 Å². The van der Waals surface area contributed by atoms with E-state index >= 15 is 0 Å². The summed E-state index contributed by atoms with van der Waals surface area (Å²) < 4.78 is 5.09. The number of rotatable bonds is 7. The summed E-state index contributed by atoms with van der Waals surface area (Å²) in [6.07, 6.45) is 2.07. The van der Waals surface area contributed by atoms with Gasteiger partial charge in [-0.15, -0.1) is 0 Å². The average molecular weight is 264 g/mol. The molecule has 0 aromatic heterocycles. The normalized spacial score (nSPS) is 15.9. The van der Waals surface area contributed by atoms with E-state index in [-0.39, 0.29) is 24.5 Å². The van der Waals surface area contributed by atoms with Gasteiger partial charge in [-0.05, 0) is 25.0 Å². The monoisotopic (exact) mass is 264 g/mol. The molecule has 0 unspecified atom stereocenters. The first-order chi connectivity index (χ1) is 9.17. The fourth-order valence-corrected chi connectivity index (χ4v) is 1.91. The van der Waals surface area contributed by atoms with Gasteiger partial charge in [0.1, 0.15) is 5.75 Å². The van der Waals surface area contributed by atoms with Crippen molar-refractivity contribution in [2.24, 2.45) is 5.41 Å². The van der Waals surface area contributed by atoms with Gasteiger partial charge < -0.3 is 20.5 Å². The van der Waals surface area contributed by atoms with Gasteiger partial charge in [-0.2, -0.15) is 0 Å². The fraction of sp³-hybridized carbons (Fsp3) is 0.500. The molecule has 3 N–H and O–H groups in total. The van der Waals surface area contributed by atoms with Crippen LogP contribution in [0, 0.1) is 5.41 Å². The predicted molar refractivity (Wildman–Crippen MR) is 73.2 cm³/mol. The van der Waals surface area contributed by atoms with Crippen molar-refractivity contribution in [1.82, 2.24) is 5.32 Å². The van der Waals surface area contributed by atoms with E-state index in [9.17, 15) is 4.79 Å². The second kappa shape index (κ2) is 6.04. The zero-order chi connectivity index (χ0) is 13.7. The Hall–Kier alpha value is -1.59. The molecule has 19 heavy (non-hydrogen) atoms. The summed E-state index contributed by atoms with van der Waals surface area (Å²) in [4.78, 5) is 11.7. The molecule has 0 atom stereocenters. The summed E-state index contributed by atoms with van der Waals surface area (Å²) in [7, 11) is 1.59. The van der Waals surface area contributed by atoms with E-state index in [1.165, 1.54) is 0 Å². The van der Waals surface area contributed by atoms with Crippen LogP contribution in [0.3, 0.4) is 0 Å². The van der Waals surface area contributed by atoms with Crippen LogP contribution in [0.4, 0.5) is 5.69 Å². The number of hydrogen-bond donors (Lipinski definition) is 3. The lowest BCUT2D eigenvalue weighted by atomic mass is 10.1. The maximum absolute atomic E-state index is 11.7. The van der Waals surface area contributed by atoms with Gasteiger partial charge in [0.25, 0.3) is 0 Å². The van der Waals surface area contributed by atoms with Crippen molar-refractivity contribution in [2.45, 2.75) is 12.8 Å². The highest BCUT2D eigenvalue weighted by atomic mass is 16.5. The van der Waals surface area contributed by atoms with Gasteiger partial charge in [0.2, 0.25) is 5.91 Å². The molecule has 1 aromatic rings. The van der Waals surface area contributed by atoms with Gasteiger partial charge in [0.15, 0.2) is 0 Å². The van der Waals surface area contributed by atoms with Crippen LogP contribution in [0.5, 0.6) is 5.75 Å². The largest absolute Gasteiger partial charge is 0.497 e. The maximum Gasteiger partial charge on any atom is 0.238 e. The average Bonchev–Trinajstić information content (AvgIpc) is 3.19. The molecular formula is C14H20N2O3. The SMILES string of the molecule is COc1cccc(NC(=O)CNCC2(CO)CC2)c1. The van der Waals surface area contributed by atoms with E-state index in [0.29, 0.717) is 12.3 Å². The van der Waals surface area contributed by atoms with Crippen molar-refractivity contribution in [2.75, 3.05) is 32.1 Å². The fourth-order valence-electron chi connectivity index (χ4n) is 1.91. The van der Waals surface area contributed by atoms with Crippen molar-refractivity contribution < 1.29 is 14.6 Å². The summed E-state index contributed by atoms with van der Waals surface area (Å²) in [5.41, 5.74) is 0.741. The Morgan fingerprint density at radius 2 is 2.26 bits per heavy atom. The number of anilines is 1. The van der Waals surface area contributed by atoms with Crippen LogP contribution in [0.1, 0.15) is 12.8 Å². The molecular weight excluding hydrogens is 244 g/mol. The Balaban J connectivity index is 1.74. The van der Waals surface area contributed by atoms with Crippen LogP contribution in [0.25, 0.3) is 0 Å². The number of benzene rings is 1. The Kier molecular flexibility index (Phi) is 4.39. The predicted octanol–water partition coefficient (Wildman–Crippen LogP) is 0.996. The first-order valence-electron chi connectivity index (χ1n) is 6.43. The summed E-state index contributed by atoms with van der Waals surface area (Å²) >= 11 is 0. The number of methoxy groups -OCH3 is 1. The van der Waals surface area contributed by atoms with Crippen molar-refractivity contribution in [3.05, 3.63) is 24.3 Å². The number of ether oxygens (including phenoxy) is 1. The number of nitrogens with one attached hydrogen (secondary N) is 2. The lowest BCUT2D eigenvalue weighted by Crippen LogP contribution is -2.33. The van der Waals surface area contributed by atoms with Crippen LogP contribution in [0.15, 0.2) is 24.3 Å². The molecule has 104 valence electrons. The standard InChI is InChI=1S/C14H20N2O3/c1-19-12-4-2-3-11(7-12)16-13(18)8-15-9-14(10-17)5-6-14/h2-4,7,15,17H,5-6,8-10H2,1H3,(H,16,18). The molecule has 0 saturated heterocycles. The van der Waals surface area contributed by atoms with Crippen LogP contribution in [-0.2, 0) is 4.79 Å². The van der Waals surface area contributed by atoms with Gasteiger partial charge in [0, 0.05) is 30.3 Å². The molecule has 0 heterocycles. The van der Waals surface area contributed by atoms with Gasteiger partial charge in [-0.25, -0.2) is 0 Å². The third-order valence-electron chi connectivity index (χ3n) is 3.43. The minimum atomic E-state index is -0.0954. The smallest absolute Gasteiger partial charge is 0.238 e. The number of amides is 1. The number of hydrogen-bond acceptors (Lipinski definition) is 4. The second-order valence-electron chi connectivity index (χ2n) is 5.04. The summed E-state index contributed by atoms with van der Waals surface area (Å²) in [6.45, 7) is 1.13. The van der Waals surface area contributed by atoms with Crippen molar-refractivity contribution in [3.63, 3.8) is 0 Å². The molecule has 2 rings (SSSR count). The maximum atomic E-state index is 11.7. The Morgan fingerprint density at radius 1 is 1.47 bits per heavy atom. The van der Waals surface area contributed by atoms with Crippen molar-refractivity contribution in [1.29, 1.82) is 0 Å². The molecule has 1 saturated carbocycles. The number of aliphatic hydroxyl groups is 1. The third kappa shape index (κ3) is 3.94. The molecule has 0 radical (unpaired) electrons. The van der Waals surface area contributed by atoms with Crippen LogP contribution in [-0.4, -0.2) is 37.8 Å². The minimum absolute atomic E-state index is 0.0241. The summed E-state index contributed by atoms with van der Waals surface area (Å²) in [5.74, 6) is 0.616. The summed E-state index contributed by atoms with van der Waals surface area (Å²) in [5, 5.41) is 15.0. The topological polar surface area (TPSA) is 70.6 Å². The molecule has 1 amide bonds. The number of carbonyl (C=O) groups excluding carboxylic acids is 1. The summed E-state index contributed by atoms with van der Waals surface area (Å²) in [6, 6.07) is 7.24. The Bertz CT molecular complexity index is 444. The van der Waals surface area contributed by atoms with E-state index in [1.54, 1.807) is 13.2 Å². The quantitative estimate of drug-likeness (QED) is 0.687. The number of carbonyl (C=O) groups is 1. The van der Waals surface area contributed by atoms with Gasteiger partial charge in [0.05, 0.1) is 13.7 Å². The van der Waals surface area contributed by atoms with Crippen LogP contribution in [0.2, 0.25) is 0 Å². The van der Waals surface area contributed by atoms with Crippen molar-refractivity contribution >= 4 is 11.6 Å². The first-order valence-corrected chi connectivity index (χ1v) is 6.43. The Morgan fingerprint density at radius 3 is 2.89 bits per heavy atom. The molecule has 1 aromatic carbocycles. The van der Waals surface area contributed by atoms with E-state index < -0.39 is 0 Å². The second-order valence-corrected chi connectivity index (χ2v) is 5.04. The van der Waals surface area contributed by atoms with E-state index in [0.717, 1.165) is 18.5 Å². The lowest BCUT2D eigenvalue weighted by Gasteiger charge is -2.12. The van der Waals surface area contributed by atoms with Crippen molar-refractivity contribution in [3.8, 4) is 5.75 Å². The highest BCUT2D eigenvalue weighted by Gasteiger charge is 2.41. The lowest BCUT2D eigenvalue weighted by molar-refractivity contribution is -0.115. The molecule has 5 heteroatoms. The zero-order valence-corrected chi connectivity index (χ0v) is 11.1. The van der Waals surface area contributed by atoms with Crippen LogP contribution < -0.4 is 15.4 Å². The van der Waals surface area contributed by atoms with Gasteiger partial charge in [-0.3, -0.25) is 4.79 Å². The molecule has 0 aliphatic heterocycles.